The number of amides is 2. The van der Waals surface area contributed by atoms with Gasteiger partial charge in [0.25, 0.3) is 17.5 Å². The molecule has 3 heterocycles. The highest BCUT2D eigenvalue weighted by atomic mass is 32.1. The fraction of sp³-hybridized carbons (Fsp3) is 0.217. The summed E-state index contributed by atoms with van der Waals surface area (Å²) in [7, 11) is 0. The van der Waals surface area contributed by atoms with Crippen molar-refractivity contribution in [2.45, 2.75) is 27.7 Å². The highest BCUT2D eigenvalue weighted by molar-refractivity contribution is 7.15. The van der Waals surface area contributed by atoms with E-state index in [0.717, 1.165) is 15.3 Å². The molecule has 0 unspecified atom stereocenters. The number of anilines is 1. The molecular formula is C23H22N4O3S. The minimum Gasteiger partial charge on any atom is -0.352 e. The number of rotatable bonds is 5. The van der Waals surface area contributed by atoms with Gasteiger partial charge in [-0.05, 0) is 63.6 Å². The van der Waals surface area contributed by atoms with Crippen molar-refractivity contribution < 1.29 is 14.1 Å². The molecule has 31 heavy (non-hydrogen) atoms. The molecule has 158 valence electrons. The minimum absolute atomic E-state index is 0.186. The second kappa shape index (κ2) is 8.31. The number of carbonyl (C=O) groups is 2. The van der Waals surface area contributed by atoms with Crippen LogP contribution in [0.15, 0.2) is 40.9 Å². The van der Waals surface area contributed by atoms with Crippen molar-refractivity contribution in [3.63, 3.8) is 0 Å². The molecule has 0 spiro atoms. The van der Waals surface area contributed by atoms with Gasteiger partial charge in [-0.2, -0.15) is 0 Å². The van der Waals surface area contributed by atoms with Crippen LogP contribution >= 0.6 is 11.3 Å². The van der Waals surface area contributed by atoms with Crippen LogP contribution in [0.4, 0.5) is 5.69 Å². The summed E-state index contributed by atoms with van der Waals surface area (Å²) in [5.74, 6) is -0.501. The zero-order valence-corrected chi connectivity index (χ0v) is 18.5. The third kappa shape index (κ3) is 4.06. The molecular weight excluding hydrogens is 412 g/mol. The van der Waals surface area contributed by atoms with Crippen LogP contribution in [0.2, 0.25) is 0 Å². The Balaban J connectivity index is 1.75. The van der Waals surface area contributed by atoms with Crippen LogP contribution in [0.3, 0.4) is 0 Å². The summed E-state index contributed by atoms with van der Waals surface area (Å²) in [5.41, 5.74) is 3.89. The van der Waals surface area contributed by atoms with Gasteiger partial charge >= 0.3 is 0 Å². The van der Waals surface area contributed by atoms with E-state index in [9.17, 15) is 9.59 Å². The predicted molar refractivity (Wildman–Crippen MR) is 122 cm³/mol. The van der Waals surface area contributed by atoms with Crippen LogP contribution < -0.4 is 10.6 Å². The van der Waals surface area contributed by atoms with Crippen LogP contribution in [-0.4, -0.2) is 28.5 Å². The quantitative estimate of drug-likeness (QED) is 0.467. The lowest BCUT2D eigenvalue weighted by Crippen LogP contribution is -2.23. The van der Waals surface area contributed by atoms with Crippen molar-refractivity contribution in [3.8, 4) is 10.6 Å². The normalized spacial score (nSPS) is 11.0. The van der Waals surface area contributed by atoms with Crippen LogP contribution in [0, 0.1) is 20.8 Å². The number of aryl methyl sites for hydroxylation is 3. The lowest BCUT2D eigenvalue weighted by atomic mass is 10.1. The number of nitrogens with zero attached hydrogens (tertiary/aromatic N) is 2. The number of carbonyl (C=O) groups excluding carboxylic acids is 2. The first-order valence-corrected chi connectivity index (χ1v) is 10.7. The average molecular weight is 435 g/mol. The molecule has 0 saturated heterocycles. The predicted octanol–water partition coefficient (Wildman–Crippen LogP) is 4.88. The topological polar surface area (TPSA) is 97.1 Å². The number of benzene rings is 1. The Hall–Kier alpha value is -3.52. The molecule has 0 aliphatic heterocycles. The van der Waals surface area contributed by atoms with Crippen molar-refractivity contribution >= 4 is 39.9 Å². The zero-order chi connectivity index (χ0) is 22.1. The Labute approximate surface area is 183 Å². The van der Waals surface area contributed by atoms with Gasteiger partial charge in [0.15, 0.2) is 0 Å². The molecule has 0 radical (unpaired) electrons. The highest BCUT2D eigenvalue weighted by Crippen LogP contribution is 2.31. The van der Waals surface area contributed by atoms with Crippen LogP contribution in [-0.2, 0) is 0 Å². The fourth-order valence-electron chi connectivity index (χ4n) is 3.32. The SMILES string of the molecule is CCNC(=O)c1ccc(C)c(NC(=O)c2cc(-c3ccc(C)s3)nc3onc(C)c23)c1. The lowest BCUT2D eigenvalue weighted by molar-refractivity contribution is 0.0954. The van der Waals surface area contributed by atoms with Gasteiger partial charge in [-0.1, -0.05) is 11.2 Å². The Bertz CT molecular complexity index is 1310. The lowest BCUT2D eigenvalue weighted by Gasteiger charge is -2.12. The van der Waals surface area contributed by atoms with Gasteiger partial charge in [0.05, 0.1) is 27.2 Å². The van der Waals surface area contributed by atoms with E-state index in [1.54, 1.807) is 36.5 Å². The third-order valence-corrected chi connectivity index (χ3v) is 5.96. The van der Waals surface area contributed by atoms with Gasteiger partial charge in [-0.15, -0.1) is 11.3 Å². The molecule has 0 aliphatic carbocycles. The molecule has 3 aromatic heterocycles. The van der Waals surface area contributed by atoms with Crippen LogP contribution in [0.5, 0.6) is 0 Å². The second-order valence-electron chi connectivity index (χ2n) is 7.26. The highest BCUT2D eigenvalue weighted by Gasteiger charge is 2.21. The molecule has 0 atom stereocenters. The molecule has 4 rings (SSSR count). The molecule has 0 saturated carbocycles. The Kier molecular flexibility index (Phi) is 5.56. The summed E-state index contributed by atoms with van der Waals surface area (Å²) in [6, 6.07) is 11.0. The van der Waals surface area contributed by atoms with Crippen molar-refractivity contribution in [2.75, 3.05) is 11.9 Å². The van der Waals surface area contributed by atoms with Gasteiger partial charge < -0.3 is 15.2 Å². The maximum absolute atomic E-state index is 13.3. The van der Waals surface area contributed by atoms with Crippen molar-refractivity contribution in [3.05, 3.63) is 63.7 Å². The molecule has 4 aromatic rings. The Morgan fingerprint density at radius 2 is 1.87 bits per heavy atom. The van der Waals surface area contributed by atoms with E-state index in [-0.39, 0.29) is 11.8 Å². The monoisotopic (exact) mass is 434 g/mol. The molecule has 2 N–H and O–H groups in total. The number of aromatic nitrogens is 2. The van der Waals surface area contributed by atoms with Crippen molar-refractivity contribution in [2.24, 2.45) is 0 Å². The summed E-state index contributed by atoms with van der Waals surface area (Å²) in [6.07, 6.45) is 0. The number of thiophene rings is 1. The average Bonchev–Trinajstić information content (AvgIpc) is 3.35. The third-order valence-electron chi connectivity index (χ3n) is 4.94. The van der Waals surface area contributed by atoms with Gasteiger partial charge in [0.2, 0.25) is 0 Å². The maximum atomic E-state index is 13.3. The standard InChI is InChI=1S/C23H22N4O3S/c1-5-24-21(28)15-8-6-12(2)17(10-15)25-22(29)16-11-18(19-9-7-13(3)31-19)26-23-20(16)14(4)27-30-23/h6-11H,5H2,1-4H3,(H,24,28)(H,25,29). The van der Waals surface area contributed by atoms with Crippen LogP contribution in [0.25, 0.3) is 21.7 Å². The summed E-state index contributed by atoms with van der Waals surface area (Å²) in [4.78, 5) is 32.2. The van der Waals surface area contributed by atoms with E-state index in [4.69, 9.17) is 4.52 Å². The van der Waals surface area contributed by atoms with E-state index in [2.05, 4.69) is 20.8 Å². The molecule has 2 amide bonds. The molecule has 8 heteroatoms. The minimum atomic E-state index is -0.315. The summed E-state index contributed by atoms with van der Waals surface area (Å²) >= 11 is 1.59. The Morgan fingerprint density at radius 3 is 2.58 bits per heavy atom. The van der Waals surface area contributed by atoms with Crippen molar-refractivity contribution in [1.29, 1.82) is 0 Å². The molecule has 0 fully saturated rings. The van der Waals surface area contributed by atoms with Gasteiger partial charge in [-0.25, -0.2) is 4.98 Å². The molecule has 7 nitrogen and oxygen atoms in total. The summed E-state index contributed by atoms with van der Waals surface area (Å²) in [5, 5.41) is 10.3. The number of fused-ring (bicyclic) bond motifs is 1. The Morgan fingerprint density at radius 1 is 1.06 bits per heavy atom. The van der Waals surface area contributed by atoms with E-state index < -0.39 is 0 Å². The molecule has 1 aromatic carbocycles. The second-order valence-corrected chi connectivity index (χ2v) is 8.54. The molecule has 0 aliphatic rings. The first kappa shape index (κ1) is 20.7. The van der Waals surface area contributed by atoms with E-state index in [0.29, 0.717) is 45.8 Å². The van der Waals surface area contributed by atoms with E-state index >= 15 is 0 Å². The molecule has 0 bridgehead atoms. The zero-order valence-electron chi connectivity index (χ0n) is 17.7. The largest absolute Gasteiger partial charge is 0.352 e. The van der Waals surface area contributed by atoms with E-state index in [1.807, 2.05) is 39.0 Å². The van der Waals surface area contributed by atoms with Gasteiger partial charge in [-0.3, -0.25) is 9.59 Å². The first-order valence-electron chi connectivity index (χ1n) is 9.91. The summed E-state index contributed by atoms with van der Waals surface area (Å²) < 4.78 is 5.37. The smallest absolute Gasteiger partial charge is 0.259 e. The first-order chi connectivity index (χ1) is 14.9. The number of pyridine rings is 1. The van der Waals surface area contributed by atoms with Crippen LogP contribution in [0.1, 0.15) is 43.8 Å². The van der Waals surface area contributed by atoms with Gasteiger partial charge in [0, 0.05) is 22.7 Å². The summed E-state index contributed by atoms with van der Waals surface area (Å²) in [6.45, 7) is 8.06. The van der Waals surface area contributed by atoms with Crippen molar-refractivity contribution in [1.82, 2.24) is 15.5 Å². The number of hydrogen-bond acceptors (Lipinski definition) is 6. The fourth-order valence-corrected chi connectivity index (χ4v) is 4.15. The van der Waals surface area contributed by atoms with E-state index in [1.165, 1.54) is 0 Å². The number of nitrogens with one attached hydrogen (secondary N) is 2. The maximum Gasteiger partial charge on any atom is 0.259 e. The number of hydrogen-bond donors (Lipinski definition) is 2. The van der Waals surface area contributed by atoms with Gasteiger partial charge in [0.1, 0.15) is 0 Å².